The van der Waals surface area contributed by atoms with Crippen LogP contribution in [0.1, 0.15) is 11.3 Å². The average Bonchev–Trinajstić information content (AvgIpc) is 2.53. The van der Waals surface area contributed by atoms with Gasteiger partial charge in [-0.1, -0.05) is 29.8 Å². The fourth-order valence-corrected chi connectivity index (χ4v) is 1.34. The molecule has 0 fully saturated rings. The minimum absolute atomic E-state index is 0.954. The van der Waals surface area contributed by atoms with Gasteiger partial charge in [0.2, 0.25) is 0 Å². The predicted molar refractivity (Wildman–Crippen MR) is 53.6 cm³/mol. The van der Waals surface area contributed by atoms with Crippen molar-refractivity contribution < 1.29 is 4.42 Å². The maximum Gasteiger partial charge on any atom is 0.101 e. The third-order valence-electron chi connectivity index (χ3n) is 2.12. The molecule has 2 aromatic rings. The largest absolute Gasteiger partial charge is 0.469 e. The standard InChI is InChI=1S/C12H12O/c1-9-3-5-11(6-4-9)12-7-10(2)13-8-12/h3-8H,1-2H3. The topological polar surface area (TPSA) is 13.1 Å². The van der Waals surface area contributed by atoms with Gasteiger partial charge < -0.3 is 4.42 Å². The second-order valence-corrected chi connectivity index (χ2v) is 3.31. The van der Waals surface area contributed by atoms with Crippen LogP contribution in [0.15, 0.2) is 41.0 Å². The number of hydrogen-bond acceptors (Lipinski definition) is 1. The Morgan fingerprint density at radius 3 is 2.15 bits per heavy atom. The van der Waals surface area contributed by atoms with Crippen molar-refractivity contribution in [3.05, 3.63) is 47.9 Å². The van der Waals surface area contributed by atoms with Gasteiger partial charge in [0.1, 0.15) is 5.76 Å². The molecule has 0 aliphatic heterocycles. The number of aryl methyl sites for hydroxylation is 2. The molecule has 1 heteroatoms. The molecule has 0 unspecified atom stereocenters. The summed E-state index contributed by atoms with van der Waals surface area (Å²) in [6.07, 6.45) is 1.79. The van der Waals surface area contributed by atoms with Crippen molar-refractivity contribution in [3.63, 3.8) is 0 Å². The van der Waals surface area contributed by atoms with E-state index in [0.29, 0.717) is 0 Å². The smallest absolute Gasteiger partial charge is 0.101 e. The molecule has 1 aromatic carbocycles. The fourth-order valence-electron chi connectivity index (χ4n) is 1.34. The second-order valence-electron chi connectivity index (χ2n) is 3.31. The van der Waals surface area contributed by atoms with E-state index >= 15 is 0 Å². The molecule has 0 aliphatic rings. The van der Waals surface area contributed by atoms with E-state index in [-0.39, 0.29) is 0 Å². The maximum absolute atomic E-state index is 5.25. The first-order valence-electron chi connectivity index (χ1n) is 4.38. The van der Waals surface area contributed by atoms with E-state index in [1.165, 1.54) is 11.1 Å². The van der Waals surface area contributed by atoms with Gasteiger partial charge in [0.05, 0.1) is 6.26 Å². The zero-order valence-electron chi connectivity index (χ0n) is 7.87. The van der Waals surface area contributed by atoms with Crippen LogP contribution < -0.4 is 0 Å². The molecule has 0 amide bonds. The molecule has 0 N–H and O–H groups in total. The normalized spacial score (nSPS) is 10.3. The molecular weight excluding hydrogens is 160 g/mol. The Labute approximate surface area is 78.0 Å². The Morgan fingerprint density at radius 1 is 0.923 bits per heavy atom. The van der Waals surface area contributed by atoms with Gasteiger partial charge in [-0.15, -0.1) is 0 Å². The highest BCUT2D eigenvalue weighted by Gasteiger charge is 1.99. The summed E-state index contributed by atoms with van der Waals surface area (Å²) in [5, 5.41) is 0. The number of rotatable bonds is 1. The molecule has 13 heavy (non-hydrogen) atoms. The van der Waals surface area contributed by atoms with E-state index in [2.05, 4.69) is 31.2 Å². The predicted octanol–water partition coefficient (Wildman–Crippen LogP) is 3.56. The molecule has 1 heterocycles. The zero-order valence-corrected chi connectivity index (χ0v) is 7.87. The quantitative estimate of drug-likeness (QED) is 0.641. The lowest BCUT2D eigenvalue weighted by Gasteiger charge is -1.96. The minimum Gasteiger partial charge on any atom is -0.469 e. The van der Waals surface area contributed by atoms with Crippen molar-refractivity contribution in [2.75, 3.05) is 0 Å². The van der Waals surface area contributed by atoms with Gasteiger partial charge in [-0.05, 0) is 25.5 Å². The third kappa shape index (κ3) is 1.64. The highest BCUT2D eigenvalue weighted by atomic mass is 16.3. The van der Waals surface area contributed by atoms with Crippen LogP contribution in [0.3, 0.4) is 0 Å². The summed E-state index contributed by atoms with van der Waals surface area (Å²) in [5.74, 6) is 0.954. The first-order chi connectivity index (χ1) is 6.25. The zero-order chi connectivity index (χ0) is 9.26. The Balaban J connectivity index is 2.41. The summed E-state index contributed by atoms with van der Waals surface area (Å²) >= 11 is 0. The lowest BCUT2D eigenvalue weighted by molar-refractivity contribution is 0.535. The second kappa shape index (κ2) is 3.09. The lowest BCUT2D eigenvalue weighted by Crippen LogP contribution is -1.74. The molecule has 0 saturated carbocycles. The summed E-state index contributed by atoms with van der Waals surface area (Å²) in [6.45, 7) is 4.04. The van der Waals surface area contributed by atoms with E-state index in [1.807, 2.05) is 13.0 Å². The van der Waals surface area contributed by atoms with Crippen molar-refractivity contribution in [1.82, 2.24) is 0 Å². The van der Waals surface area contributed by atoms with E-state index in [9.17, 15) is 0 Å². The first kappa shape index (κ1) is 8.11. The van der Waals surface area contributed by atoms with Crippen molar-refractivity contribution in [1.29, 1.82) is 0 Å². The molecule has 0 bridgehead atoms. The Morgan fingerprint density at radius 2 is 1.62 bits per heavy atom. The van der Waals surface area contributed by atoms with E-state index in [0.717, 1.165) is 11.3 Å². The van der Waals surface area contributed by atoms with Crippen LogP contribution in [0, 0.1) is 13.8 Å². The molecule has 2 rings (SSSR count). The molecular formula is C12H12O. The summed E-state index contributed by atoms with van der Waals surface area (Å²) in [5.41, 5.74) is 3.64. The molecule has 66 valence electrons. The van der Waals surface area contributed by atoms with Gasteiger partial charge in [0.15, 0.2) is 0 Å². The molecule has 0 radical (unpaired) electrons. The first-order valence-corrected chi connectivity index (χ1v) is 4.38. The monoisotopic (exact) mass is 172 g/mol. The van der Waals surface area contributed by atoms with Crippen LogP contribution in [-0.2, 0) is 0 Å². The summed E-state index contributed by atoms with van der Waals surface area (Å²) in [6, 6.07) is 10.5. The molecule has 0 spiro atoms. The minimum atomic E-state index is 0.954. The Kier molecular flexibility index (Phi) is 1.93. The average molecular weight is 172 g/mol. The van der Waals surface area contributed by atoms with E-state index in [4.69, 9.17) is 4.42 Å². The van der Waals surface area contributed by atoms with Gasteiger partial charge in [0.25, 0.3) is 0 Å². The van der Waals surface area contributed by atoms with Gasteiger partial charge >= 0.3 is 0 Å². The van der Waals surface area contributed by atoms with Crippen LogP contribution in [-0.4, -0.2) is 0 Å². The third-order valence-corrected chi connectivity index (χ3v) is 2.12. The van der Waals surface area contributed by atoms with E-state index in [1.54, 1.807) is 6.26 Å². The van der Waals surface area contributed by atoms with Crippen molar-refractivity contribution in [2.45, 2.75) is 13.8 Å². The van der Waals surface area contributed by atoms with Gasteiger partial charge in [-0.3, -0.25) is 0 Å². The van der Waals surface area contributed by atoms with Gasteiger partial charge in [0, 0.05) is 5.56 Å². The number of hydrogen-bond donors (Lipinski definition) is 0. The van der Waals surface area contributed by atoms with Crippen LogP contribution in [0.5, 0.6) is 0 Å². The lowest BCUT2D eigenvalue weighted by atomic mass is 10.1. The van der Waals surface area contributed by atoms with Gasteiger partial charge in [-0.25, -0.2) is 0 Å². The maximum atomic E-state index is 5.25. The molecule has 0 atom stereocenters. The summed E-state index contributed by atoms with van der Waals surface area (Å²) < 4.78 is 5.25. The van der Waals surface area contributed by atoms with Crippen molar-refractivity contribution in [2.24, 2.45) is 0 Å². The van der Waals surface area contributed by atoms with Gasteiger partial charge in [-0.2, -0.15) is 0 Å². The van der Waals surface area contributed by atoms with Crippen molar-refractivity contribution >= 4 is 0 Å². The van der Waals surface area contributed by atoms with Crippen LogP contribution in [0.4, 0.5) is 0 Å². The molecule has 0 aliphatic carbocycles. The summed E-state index contributed by atoms with van der Waals surface area (Å²) in [7, 11) is 0. The Hall–Kier alpha value is -1.50. The molecule has 0 saturated heterocycles. The highest BCUT2D eigenvalue weighted by molar-refractivity contribution is 5.62. The fraction of sp³-hybridized carbons (Fsp3) is 0.167. The highest BCUT2D eigenvalue weighted by Crippen LogP contribution is 2.21. The van der Waals surface area contributed by atoms with E-state index < -0.39 is 0 Å². The Bertz CT molecular complexity index is 395. The SMILES string of the molecule is Cc1ccc(-c2coc(C)c2)cc1. The molecule has 1 nitrogen and oxygen atoms in total. The van der Waals surface area contributed by atoms with Crippen LogP contribution in [0.2, 0.25) is 0 Å². The summed E-state index contributed by atoms with van der Waals surface area (Å²) in [4.78, 5) is 0. The molecule has 1 aromatic heterocycles. The number of benzene rings is 1. The van der Waals surface area contributed by atoms with Crippen LogP contribution >= 0.6 is 0 Å². The van der Waals surface area contributed by atoms with Crippen molar-refractivity contribution in [3.8, 4) is 11.1 Å². The number of furan rings is 1. The van der Waals surface area contributed by atoms with Crippen LogP contribution in [0.25, 0.3) is 11.1 Å².